The molecule has 1 aromatic heterocycles. The van der Waals surface area contributed by atoms with E-state index in [0.717, 1.165) is 0 Å². The first kappa shape index (κ1) is 7.69. The van der Waals surface area contributed by atoms with E-state index < -0.39 is 0 Å². The van der Waals surface area contributed by atoms with E-state index in [0.29, 0.717) is 0 Å². The van der Waals surface area contributed by atoms with Gasteiger partial charge >= 0.3 is 37.7 Å². The Morgan fingerprint density at radius 1 is 1.86 bits per heavy atom. The quantitative estimate of drug-likeness (QED) is 0.520. The van der Waals surface area contributed by atoms with Crippen LogP contribution < -0.4 is 5.56 Å². The maximum atomic E-state index is 10.0. The first-order chi connectivity index (χ1) is 2.89. The first-order valence-electron chi connectivity index (χ1n) is 1.52. The van der Waals surface area contributed by atoms with Crippen molar-refractivity contribution in [3.05, 3.63) is 21.8 Å². The fourth-order valence-electron chi connectivity index (χ4n) is 0.222. The van der Waals surface area contributed by atoms with Crippen LogP contribution in [0.5, 0.6) is 0 Å². The predicted molar refractivity (Wildman–Crippen MR) is 32.9 cm³/mol. The Kier molecular flexibility index (Phi) is 4.02. The van der Waals surface area contributed by atoms with Crippen LogP contribution in [0.4, 0.5) is 0 Å². The van der Waals surface area contributed by atoms with Gasteiger partial charge in [0, 0.05) is 11.4 Å². The molecule has 0 radical (unpaired) electrons. The summed E-state index contributed by atoms with van der Waals surface area (Å²) in [6.07, 6.45) is 0. The van der Waals surface area contributed by atoms with Gasteiger partial charge in [-0.2, -0.15) is 0 Å². The van der Waals surface area contributed by atoms with Crippen LogP contribution in [0, 0.1) is 0 Å². The zero-order chi connectivity index (χ0) is 4.41. The molecule has 0 aliphatic carbocycles. The fraction of sp³-hybridized carbons (Fsp3) is 0. The number of rotatable bonds is 0. The summed E-state index contributed by atoms with van der Waals surface area (Å²) in [4.78, 5) is 10.0. The summed E-state index contributed by atoms with van der Waals surface area (Å²) < 4.78 is 2.49. The van der Waals surface area contributed by atoms with Gasteiger partial charge in [0.25, 0.3) is 5.56 Å². The summed E-state index contributed by atoms with van der Waals surface area (Å²) in [5.74, 6) is 0. The summed E-state index contributed by atoms with van der Waals surface area (Å²) in [5, 5.41) is 1.71. The molecule has 7 heavy (non-hydrogen) atoms. The van der Waals surface area contributed by atoms with Crippen LogP contribution in [0.25, 0.3) is 0 Å². The number of hydrogen-bond donors (Lipinski definition) is 1. The molecular weight excluding hydrogens is 138 g/mol. The second-order valence-corrected chi connectivity index (χ2v) is 1.60. The minimum absolute atomic E-state index is 0. The zero-order valence-corrected chi connectivity index (χ0v) is 6.70. The van der Waals surface area contributed by atoms with Gasteiger partial charge in [-0.25, -0.2) is 0 Å². The summed E-state index contributed by atoms with van der Waals surface area (Å²) >= 11 is 1.30. The van der Waals surface area contributed by atoms with Crippen molar-refractivity contribution in [2.45, 2.75) is 0 Å². The second kappa shape index (κ2) is 3.66. The molecule has 0 saturated carbocycles. The van der Waals surface area contributed by atoms with Crippen molar-refractivity contribution in [1.82, 2.24) is 4.37 Å². The van der Waals surface area contributed by atoms with E-state index in [4.69, 9.17) is 0 Å². The van der Waals surface area contributed by atoms with E-state index >= 15 is 0 Å². The summed E-state index contributed by atoms with van der Waals surface area (Å²) in [7, 11) is 0. The Morgan fingerprint density at radius 2 is 2.57 bits per heavy atom. The summed E-state index contributed by atoms with van der Waals surface area (Å²) in [5.41, 5.74) is -0.0139. The Balaban J connectivity index is -0.000000120. The summed E-state index contributed by atoms with van der Waals surface area (Å²) in [6.45, 7) is 0. The van der Waals surface area contributed by atoms with Crippen molar-refractivity contribution in [2.24, 2.45) is 0 Å². The molecule has 0 spiro atoms. The average Bonchev–Trinajstić information content (AvgIpc) is 1.86. The van der Waals surface area contributed by atoms with E-state index in [-0.39, 0.29) is 46.2 Å². The molecule has 0 atom stereocenters. The minimum Gasteiger partial charge on any atom is -1.00 e. The van der Waals surface area contributed by atoms with Crippen LogP contribution in [0.2, 0.25) is 0 Å². The molecule has 2 nitrogen and oxygen atoms in total. The molecule has 4 heteroatoms. The molecule has 0 amide bonds. The van der Waals surface area contributed by atoms with Gasteiger partial charge in [-0.05, 0) is 0 Å². The second-order valence-electron chi connectivity index (χ2n) is 0.887. The van der Waals surface area contributed by atoms with Gasteiger partial charge in [0.2, 0.25) is 0 Å². The van der Waals surface area contributed by atoms with Crippen LogP contribution in [0.3, 0.4) is 0 Å². The van der Waals surface area contributed by atoms with Crippen molar-refractivity contribution >= 4 is 49.3 Å². The molecule has 1 heterocycles. The maximum absolute atomic E-state index is 10.0. The topological polar surface area (TPSA) is 32.9 Å². The molecule has 0 aromatic carbocycles. The van der Waals surface area contributed by atoms with E-state index in [1.165, 1.54) is 17.6 Å². The van der Waals surface area contributed by atoms with Crippen molar-refractivity contribution in [3.63, 3.8) is 0 Å². The fourth-order valence-corrected chi connectivity index (χ4v) is 0.666. The molecule has 36 valence electrons. The molecule has 0 aliphatic heterocycles. The Hall–Kier alpha value is 0.690. The van der Waals surface area contributed by atoms with Gasteiger partial charge in [-0.3, -0.25) is 9.17 Å². The van der Waals surface area contributed by atoms with E-state index in [9.17, 15) is 4.79 Å². The Morgan fingerprint density at radius 3 is 2.71 bits per heavy atom. The number of nitrogens with one attached hydrogen (secondary N) is 1. The van der Waals surface area contributed by atoms with Gasteiger partial charge in [0.05, 0.1) is 0 Å². The predicted octanol–water partition coefficient (Wildman–Crippen LogP) is 0.281. The standard InChI is InChI=1S/C3H3NOS.Ca.2H/c5-3-1-2-6-4-3;;;/h1-2H,(H,4,5);;;/q;+2;2*-1. The molecule has 0 unspecified atom stereocenters. The van der Waals surface area contributed by atoms with E-state index in [2.05, 4.69) is 4.37 Å². The number of H-pyrrole nitrogens is 1. The average molecular weight is 143 g/mol. The van der Waals surface area contributed by atoms with Crippen LogP contribution in [0.15, 0.2) is 16.2 Å². The van der Waals surface area contributed by atoms with Gasteiger partial charge in [-0.15, -0.1) is 0 Å². The molecule has 0 fully saturated rings. The molecular formula is C3H5CaNOS. The van der Waals surface area contributed by atoms with E-state index in [1.807, 2.05) is 0 Å². The van der Waals surface area contributed by atoms with Gasteiger partial charge in [-0.1, -0.05) is 11.5 Å². The van der Waals surface area contributed by atoms with Crippen molar-refractivity contribution in [3.8, 4) is 0 Å². The minimum atomic E-state index is -0.0139. The SMILES string of the molecule is O=c1ccs[nH]1.[Ca+2].[H-].[H-]. The Labute approximate surface area is 77.7 Å². The van der Waals surface area contributed by atoms with Crippen LogP contribution in [-0.2, 0) is 0 Å². The molecule has 0 bridgehead atoms. The number of hydrogen-bond acceptors (Lipinski definition) is 2. The molecule has 0 saturated heterocycles. The van der Waals surface area contributed by atoms with Crippen LogP contribution in [-0.4, -0.2) is 42.1 Å². The number of aromatic nitrogens is 1. The van der Waals surface area contributed by atoms with E-state index in [1.54, 1.807) is 5.38 Å². The number of aromatic amines is 1. The molecule has 0 aliphatic rings. The first-order valence-corrected chi connectivity index (χ1v) is 2.40. The smallest absolute Gasteiger partial charge is 1.00 e. The third-order valence-electron chi connectivity index (χ3n) is 0.447. The van der Waals surface area contributed by atoms with Crippen molar-refractivity contribution in [1.29, 1.82) is 0 Å². The van der Waals surface area contributed by atoms with Crippen molar-refractivity contribution in [2.75, 3.05) is 0 Å². The third kappa shape index (κ3) is 2.49. The third-order valence-corrected chi connectivity index (χ3v) is 1.04. The van der Waals surface area contributed by atoms with Gasteiger partial charge in [0.1, 0.15) is 0 Å². The van der Waals surface area contributed by atoms with Crippen molar-refractivity contribution < 1.29 is 2.85 Å². The molecule has 1 N–H and O–H groups in total. The van der Waals surface area contributed by atoms with Crippen LogP contribution >= 0.6 is 11.5 Å². The monoisotopic (exact) mass is 143 g/mol. The van der Waals surface area contributed by atoms with Gasteiger partial charge in [0.15, 0.2) is 0 Å². The largest absolute Gasteiger partial charge is 2.00 e. The van der Waals surface area contributed by atoms with Gasteiger partial charge < -0.3 is 2.85 Å². The summed E-state index contributed by atoms with van der Waals surface area (Å²) in [6, 6.07) is 1.49. The van der Waals surface area contributed by atoms with Crippen LogP contribution in [0.1, 0.15) is 2.85 Å². The maximum Gasteiger partial charge on any atom is 2.00 e. The Bertz CT molecular complexity index is 160. The molecule has 1 aromatic rings. The zero-order valence-electron chi connectivity index (χ0n) is 5.68. The normalized spacial score (nSPS) is 7.43. The molecule has 1 rings (SSSR count).